The Bertz CT molecular complexity index is 272. The van der Waals surface area contributed by atoms with Gasteiger partial charge in [-0.05, 0) is 25.0 Å². The number of nitrogens with one attached hydrogen (secondary N) is 1. The van der Waals surface area contributed by atoms with E-state index in [1.165, 1.54) is 0 Å². The summed E-state index contributed by atoms with van der Waals surface area (Å²) in [5.41, 5.74) is 0. The van der Waals surface area contributed by atoms with Crippen LogP contribution in [0.3, 0.4) is 0 Å². The molecule has 0 aliphatic carbocycles. The topological polar surface area (TPSA) is 42.2 Å². The second-order valence-electron chi connectivity index (χ2n) is 3.33. The highest BCUT2D eigenvalue weighted by molar-refractivity contribution is 6.17. The lowest BCUT2D eigenvalue weighted by Crippen LogP contribution is -2.24. The number of aryl methyl sites for hydroxylation is 1. The summed E-state index contributed by atoms with van der Waals surface area (Å²) < 4.78 is 5.13. The van der Waals surface area contributed by atoms with Crippen LogP contribution in [0, 0.1) is 0 Å². The van der Waals surface area contributed by atoms with E-state index in [2.05, 4.69) is 5.32 Å². The molecule has 1 N–H and O–H groups in total. The second kappa shape index (κ2) is 7.35. The van der Waals surface area contributed by atoms with E-state index in [1.54, 1.807) is 6.26 Å². The van der Waals surface area contributed by atoms with Gasteiger partial charge in [0.1, 0.15) is 5.76 Å². The smallest absolute Gasteiger partial charge is 0.220 e. The minimum atomic E-state index is 0.0703. The molecule has 0 aliphatic heterocycles. The van der Waals surface area contributed by atoms with E-state index in [0.717, 1.165) is 18.6 Å². The Labute approximate surface area is 94.8 Å². The summed E-state index contributed by atoms with van der Waals surface area (Å²) in [6.45, 7) is 0.712. The zero-order chi connectivity index (χ0) is 10.9. The van der Waals surface area contributed by atoms with E-state index >= 15 is 0 Å². The Hall–Kier alpha value is -0.960. The van der Waals surface area contributed by atoms with E-state index in [-0.39, 0.29) is 5.91 Å². The molecule has 0 aromatic carbocycles. The summed E-state index contributed by atoms with van der Waals surface area (Å²) >= 11 is 5.52. The van der Waals surface area contributed by atoms with Crippen molar-refractivity contribution < 1.29 is 9.21 Å². The van der Waals surface area contributed by atoms with Gasteiger partial charge in [0.05, 0.1) is 6.26 Å². The van der Waals surface area contributed by atoms with E-state index in [9.17, 15) is 4.79 Å². The fourth-order valence-electron chi connectivity index (χ4n) is 1.23. The van der Waals surface area contributed by atoms with Gasteiger partial charge >= 0.3 is 0 Å². The van der Waals surface area contributed by atoms with Gasteiger partial charge in [0, 0.05) is 25.3 Å². The maximum absolute atomic E-state index is 11.3. The van der Waals surface area contributed by atoms with Gasteiger partial charge in [0.15, 0.2) is 0 Å². The minimum absolute atomic E-state index is 0.0703. The first-order valence-corrected chi connectivity index (χ1v) is 5.71. The highest BCUT2D eigenvalue weighted by atomic mass is 35.5. The van der Waals surface area contributed by atoms with Gasteiger partial charge < -0.3 is 9.73 Å². The average molecular weight is 230 g/mol. The van der Waals surface area contributed by atoms with Crippen LogP contribution in [0.2, 0.25) is 0 Å². The van der Waals surface area contributed by atoms with Crippen molar-refractivity contribution in [2.75, 3.05) is 12.4 Å². The summed E-state index contributed by atoms with van der Waals surface area (Å²) in [4.78, 5) is 11.3. The van der Waals surface area contributed by atoms with Crippen molar-refractivity contribution in [3.05, 3.63) is 24.2 Å². The van der Waals surface area contributed by atoms with Crippen LogP contribution >= 0.6 is 11.6 Å². The van der Waals surface area contributed by atoms with Crippen LogP contribution in [0.1, 0.15) is 25.0 Å². The molecule has 0 radical (unpaired) electrons. The molecular formula is C11H16ClNO2. The van der Waals surface area contributed by atoms with Crippen molar-refractivity contribution in [1.82, 2.24) is 5.32 Å². The molecule has 1 aromatic rings. The fourth-order valence-corrected chi connectivity index (χ4v) is 1.42. The number of furan rings is 1. The Morgan fingerprint density at radius 2 is 2.33 bits per heavy atom. The number of carbonyl (C=O) groups is 1. The van der Waals surface area contributed by atoms with E-state index in [0.29, 0.717) is 25.3 Å². The second-order valence-corrected chi connectivity index (χ2v) is 3.70. The predicted octanol–water partition coefficient (Wildman–Crippen LogP) is 2.35. The summed E-state index contributed by atoms with van der Waals surface area (Å²) in [5.74, 6) is 1.58. The maximum atomic E-state index is 11.3. The van der Waals surface area contributed by atoms with Gasteiger partial charge in [-0.15, -0.1) is 11.6 Å². The highest BCUT2D eigenvalue weighted by Crippen LogP contribution is 2.03. The van der Waals surface area contributed by atoms with Gasteiger partial charge in [0.25, 0.3) is 0 Å². The van der Waals surface area contributed by atoms with Gasteiger partial charge in [-0.3, -0.25) is 4.79 Å². The van der Waals surface area contributed by atoms with Gasteiger partial charge in [-0.2, -0.15) is 0 Å². The van der Waals surface area contributed by atoms with Crippen molar-refractivity contribution in [2.45, 2.75) is 25.7 Å². The standard InChI is InChI=1S/C11H16ClNO2/c12-7-1-2-8-13-11(14)6-5-10-4-3-9-15-10/h3-4,9H,1-2,5-8H2,(H,13,14). The largest absolute Gasteiger partial charge is 0.469 e. The zero-order valence-electron chi connectivity index (χ0n) is 8.67. The fraction of sp³-hybridized carbons (Fsp3) is 0.545. The number of unbranched alkanes of at least 4 members (excludes halogenated alkanes) is 1. The molecule has 0 bridgehead atoms. The molecule has 0 saturated heterocycles. The van der Waals surface area contributed by atoms with Crippen LogP contribution in [0.5, 0.6) is 0 Å². The molecule has 0 saturated carbocycles. The highest BCUT2D eigenvalue weighted by Gasteiger charge is 2.02. The lowest BCUT2D eigenvalue weighted by atomic mass is 10.2. The van der Waals surface area contributed by atoms with Crippen molar-refractivity contribution >= 4 is 17.5 Å². The zero-order valence-corrected chi connectivity index (χ0v) is 9.43. The van der Waals surface area contributed by atoms with Gasteiger partial charge in [-0.25, -0.2) is 0 Å². The van der Waals surface area contributed by atoms with Crippen LogP contribution in [-0.2, 0) is 11.2 Å². The molecule has 0 fully saturated rings. The third-order valence-electron chi connectivity index (χ3n) is 2.06. The van der Waals surface area contributed by atoms with Crippen LogP contribution < -0.4 is 5.32 Å². The normalized spacial score (nSPS) is 10.2. The number of halogens is 1. The summed E-state index contributed by atoms with van der Waals surface area (Å²) in [7, 11) is 0. The first-order valence-electron chi connectivity index (χ1n) is 5.18. The molecule has 0 spiro atoms. The maximum Gasteiger partial charge on any atom is 0.220 e. The number of carbonyl (C=O) groups excluding carboxylic acids is 1. The lowest BCUT2D eigenvalue weighted by Gasteiger charge is -2.02. The molecule has 0 unspecified atom stereocenters. The lowest BCUT2D eigenvalue weighted by molar-refractivity contribution is -0.121. The third kappa shape index (κ3) is 5.47. The summed E-state index contributed by atoms with van der Waals surface area (Å²) in [6, 6.07) is 3.70. The molecule has 84 valence electrons. The molecule has 1 amide bonds. The first-order chi connectivity index (χ1) is 7.33. The Kier molecular flexibility index (Phi) is 5.93. The van der Waals surface area contributed by atoms with Crippen molar-refractivity contribution in [2.24, 2.45) is 0 Å². The Morgan fingerprint density at radius 3 is 3.00 bits per heavy atom. The van der Waals surface area contributed by atoms with E-state index in [1.807, 2.05) is 12.1 Å². The van der Waals surface area contributed by atoms with E-state index in [4.69, 9.17) is 16.0 Å². The van der Waals surface area contributed by atoms with Crippen molar-refractivity contribution in [3.8, 4) is 0 Å². The van der Waals surface area contributed by atoms with Crippen LogP contribution in [0.4, 0.5) is 0 Å². The number of rotatable bonds is 7. The molecule has 4 heteroatoms. The Morgan fingerprint density at radius 1 is 1.47 bits per heavy atom. The molecule has 15 heavy (non-hydrogen) atoms. The molecule has 1 heterocycles. The molecule has 0 atom stereocenters. The molecule has 0 aliphatic rings. The number of hydrogen-bond donors (Lipinski definition) is 1. The Balaban J connectivity index is 2.04. The summed E-state index contributed by atoms with van der Waals surface area (Å²) in [5, 5.41) is 2.84. The van der Waals surface area contributed by atoms with Crippen LogP contribution in [0.25, 0.3) is 0 Å². The number of hydrogen-bond acceptors (Lipinski definition) is 2. The van der Waals surface area contributed by atoms with E-state index < -0.39 is 0 Å². The molecule has 1 aromatic heterocycles. The van der Waals surface area contributed by atoms with Crippen molar-refractivity contribution in [1.29, 1.82) is 0 Å². The molecule has 1 rings (SSSR count). The predicted molar refractivity (Wildman–Crippen MR) is 60.0 cm³/mol. The van der Waals surface area contributed by atoms with Crippen LogP contribution in [0.15, 0.2) is 22.8 Å². The monoisotopic (exact) mass is 229 g/mol. The molecule has 3 nitrogen and oxygen atoms in total. The van der Waals surface area contributed by atoms with Crippen LogP contribution in [-0.4, -0.2) is 18.3 Å². The SMILES string of the molecule is O=C(CCc1ccco1)NCCCCCl. The minimum Gasteiger partial charge on any atom is -0.469 e. The number of amides is 1. The number of alkyl halides is 1. The third-order valence-corrected chi connectivity index (χ3v) is 2.33. The van der Waals surface area contributed by atoms with Gasteiger partial charge in [0.2, 0.25) is 5.91 Å². The quantitative estimate of drug-likeness (QED) is 0.576. The van der Waals surface area contributed by atoms with Crippen molar-refractivity contribution in [3.63, 3.8) is 0 Å². The first kappa shape index (κ1) is 12.1. The van der Waals surface area contributed by atoms with Gasteiger partial charge in [-0.1, -0.05) is 0 Å². The average Bonchev–Trinajstić information content (AvgIpc) is 2.74. The molecular weight excluding hydrogens is 214 g/mol. The summed E-state index contributed by atoms with van der Waals surface area (Å²) in [6.07, 6.45) is 4.65.